The van der Waals surface area contributed by atoms with Crippen LogP contribution in [0.4, 0.5) is 0 Å². The van der Waals surface area contributed by atoms with Crippen LogP contribution in [0.5, 0.6) is 0 Å². The molecule has 1 aliphatic carbocycles. The molecule has 0 aromatic heterocycles. The topological polar surface area (TPSA) is 37.3 Å². The van der Waals surface area contributed by atoms with Crippen LogP contribution in [-0.4, -0.2) is 11.1 Å². The number of rotatable bonds is 1. The van der Waals surface area contributed by atoms with E-state index in [1.54, 1.807) is 0 Å². The molecule has 0 aromatic carbocycles. The molecular formula is C7H8Cl2O2. The van der Waals surface area contributed by atoms with Gasteiger partial charge >= 0.3 is 5.97 Å². The molecule has 0 bridgehead atoms. The highest BCUT2D eigenvalue weighted by Crippen LogP contribution is 2.60. The molecule has 0 aromatic rings. The number of hydrogen-bond donors (Lipinski definition) is 1. The van der Waals surface area contributed by atoms with Gasteiger partial charge < -0.3 is 5.11 Å². The average Bonchev–Trinajstić information content (AvgIpc) is 2.33. The van der Waals surface area contributed by atoms with Crippen LogP contribution in [0, 0.1) is 11.3 Å². The molecule has 0 amide bonds. The van der Waals surface area contributed by atoms with Crippen molar-refractivity contribution < 1.29 is 9.90 Å². The Kier molecular flexibility index (Phi) is 1.93. The van der Waals surface area contributed by atoms with Crippen molar-refractivity contribution in [3.8, 4) is 0 Å². The minimum absolute atomic E-state index is 0.0994. The van der Waals surface area contributed by atoms with Crippen molar-refractivity contribution in [2.75, 3.05) is 0 Å². The molecule has 1 N–H and O–H groups in total. The van der Waals surface area contributed by atoms with Gasteiger partial charge in [-0.1, -0.05) is 37.0 Å². The van der Waals surface area contributed by atoms with E-state index in [0.29, 0.717) is 5.57 Å². The molecule has 1 fully saturated rings. The van der Waals surface area contributed by atoms with Gasteiger partial charge in [-0.15, -0.1) is 0 Å². The third-order valence-electron chi connectivity index (χ3n) is 2.07. The van der Waals surface area contributed by atoms with Gasteiger partial charge in [0.05, 0.1) is 5.92 Å². The van der Waals surface area contributed by atoms with Crippen molar-refractivity contribution in [2.45, 2.75) is 13.8 Å². The highest BCUT2D eigenvalue weighted by atomic mass is 35.5. The average molecular weight is 195 g/mol. The summed E-state index contributed by atoms with van der Waals surface area (Å²) in [6, 6.07) is 0. The summed E-state index contributed by atoms with van der Waals surface area (Å²) in [4.78, 5) is 10.5. The molecule has 0 heterocycles. The predicted octanol–water partition coefficient (Wildman–Crippen LogP) is 2.42. The van der Waals surface area contributed by atoms with E-state index in [2.05, 4.69) is 0 Å². The fourth-order valence-electron chi connectivity index (χ4n) is 1.33. The van der Waals surface area contributed by atoms with Gasteiger partial charge in [0.1, 0.15) is 4.49 Å². The number of halogens is 2. The van der Waals surface area contributed by atoms with Crippen LogP contribution in [0.15, 0.2) is 10.1 Å². The van der Waals surface area contributed by atoms with Gasteiger partial charge in [-0.05, 0) is 5.57 Å². The van der Waals surface area contributed by atoms with E-state index in [1.807, 2.05) is 13.8 Å². The van der Waals surface area contributed by atoms with E-state index in [9.17, 15) is 4.79 Å². The number of carboxylic acids is 1. The first-order chi connectivity index (χ1) is 4.89. The van der Waals surface area contributed by atoms with Gasteiger partial charge in [0.15, 0.2) is 0 Å². The molecule has 1 saturated carbocycles. The molecule has 0 unspecified atom stereocenters. The van der Waals surface area contributed by atoms with Crippen LogP contribution in [-0.2, 0) is 4.79 Å². The molecule has 11 heavy (non-hydrogen) atoms. The predicted molar refractivity (Wildman–Crippen MR) is 43.6 cm³/mol. The van der Waals surface area contributed by atoms with Crippen molar-refractivity contribution >= 4 is 29.2 Å². The van der Waals surface area contributed by atoms with Gasteiger partial charge in [-0.25, -0.2) is 0 Å². The highest BCUT2D eigenvalue weighted by molar-refractivity contribution is 6.56. The Hall–Kier alpha value is -0.210. The molecule has 0 radical (unpaired) electrons. The summed E-state index contributed by atoms with van der Waals surface area (Å²) in [5.74, 6) is -1.35. The summed E-state index contributed by atoms with van der Waals surface area (Å²) < 4.78 is 0.0994. The Morgan fingerprint density at radius 1 is 1.55 bits per heavy atom. The van der Waals surface area contributed by atoms with E-state index >= 15 is 0 Å². The van der Waals surface area contributed by atoms with Gasteiger partial charge in [0.25, 0.3) is 0 Å². The second-order valence-corrected chi connectivity index (χ2v) is 4.12. The first-order valence-corrected chi connectivity index (χ1v) is 3.93. The second kappa shape index (κ2) is 2.39. The van der Waals surface area contributed by atoms with Crippen molar-refractivity contribution in [3.05, 3.63) is 10.1 Å². The molecule has 0 saturated heterocycles. The summed E-state index contributed by atoms with van der Waals surface area (Å²) in [5.41, 5.74) is 0.276. The number of carbonyl (C=O) groups is 1. The van der Waals surface area contributed by atoms with Crippen LogP contribution in [0.2, 0.25) is 0 Å². The first kappa shape index (κ1) is 8.88. The van der Waals surface area contributed by atoms with Gasteiger partial charge in [-0.2, -0.15) is 0 Å². The van der Waals surface area contributed by atoms with Crippen molar-refractivity contribution in [1.82, 2.24) is 0 Å². The van der Waals surface area contributed by atoms with E-state index in [0.717, 1.165) is 0 Å². The number of hydrogen-bond acceptors (Lipinski definition) is 1. The zero-order valence-corrected chi connectivity index (χ0v) is 7.70. The van der Waals surface area contributed by atoms with E-state index < -0.39 is 11.9 Å². The Morgan fingerprint density at radius 3 is 2.09 bits per heavy atom. The molecular weight excluding hydrogens is 187 g/mol. The Labute approximate surface area is 74.8 Å². The van der Waals surface area contributed by atoms with Crippen molar-refractivity contribution in [2.24, 2.45) is 11.3 Å². The van der Waals surface area contributed by atoms with Crippen LogP contribution in [0.25, 0.3) is 0 Å². The maximum Gasteiger partial charge on any atom is 0.311 e. The SMILES string of the molecule is CC1(C)C(=C(Cl)Cl)[C@H]1C(=O)O. The standard InChI is InChI=1S/C7H8Cl2O2/c1-7(2)3(5(8)9)4(7)6(10)11/h4H,1-2H3,(H,10,11)/t4-/m0/s1. The lowest BCUT2D eigenvalue weighted by Crippen LogP contribution is -2.02. The van der Waals surface area contributed by atoms with Crippen LogP contribution >= 0.6 is 23.2 Å². The number of carboxylic acid groups (broad SMARTS) is 1. The Bertz CT molecular complexity index is 239. The van der Waals surface area contributed by atoms with Crippen LogP contribution in [0.1, 0.15) is 13.8 Å². The highest BCUT2D eigenvalue weighted by Gasteiger charge is 2.58. The second-order valence-electron chi connectivity index (χ2n) is 3.17. The molecule has 2 nitrogen and oxygen atoms in total. The molecule has 1 rings (SSSR count). The molecule has 0 aliphatic heterocycles. The van der Waals surface area contributed by atoms with Gasteiger partial charge in [0, 0.05) is 5.41 Å². The van der Waals surface area contributed by atoms with Gasteiger partial charge in [0.2, 0.25) is 0 Å². The third-order valence-corrected chi connectivity index (χ3v) is 2.48. The Morgan fingerprint density at radius 2 is 2.00 bits per heavy atom. The largest absolute Gasteiger partial charge is 0.481 e. The van der Waals surface area contributed by atoms with E-state index in [1.165, 1.54) is 0 Å². The summed E-state index contributed by atoms with van der Waals surface area (Å²) in [7, 11) is 0. The lowest BCUT2D eigenvalue weighted by atomic mass is 10.1. The van der Waals surface area contributed by atoms with E-state index in [-0.39, 0.29) is 9.91 Å². The lowest BCUT2D eigenvalue weighted by molar-refractivity contribution is -0.139. The normalized spacial score (nSPS) is 26.5. The van der Waals surface area contributed by atoms with Gasteiger partial charge in [-0.3, -0.25) is 4.79 Å². The summed E-state index contributed by atoms with van der Waals surface area (Å²) in [6.07, 6.45) is 0. The molecule has 0 spiro atoms. The van der Waals surface area contributed by atoms with Crippen LogP contribution < -0.4 is 0 Å². The van der Waals surface area contributed by atoms with Crippen LogP contribution in [0.3, 0.4) is 0 Å². The zero-order valence-electron chi connectivity index (χ0n) is 6.19. The van der Waals surface area contributed by atoms with Crippen molar-refractivity contribution in [3.63, 3.8) is 0 Å². The summed E-state index contributed by atoms with van der Waals surface area (Å²) in [6.45, 7) is 3.62. The number of aliphatic carboxylic acids is 1. The molecule has 1 atom stereocenters. The quantitative estimate of drug-likeness (QED) is 0.697. The molecule has 4 heteroatoms. The fourth-order valence-corrected chi connectivity index (χ4v) is 2.04. The third kappa shape index (κ3) is 1.25. The monoisotopic (exact) mass is 194 g/mol. The first-order valence-electron chi connectivity index (χ1n) is 3.17. The lowest BCUT2D eigenvalue weighted by Gasteiger charge is -1.93. The van der Waals surface area contributed by atoms with Crippen molar-refractivity contribution in [1.29, 1.82) is 0 Å². The maximum absolute atomic E-state index is 10.5. The van der Waals surface area contributed by atoms with E-state index in [4.69, 9.17) is 28.3 Å². The fraction of sp³-hybridized carbons (Fsp3) is 0.571. The zero-order chi connectivity index (χ0) is 8.81. The maximum atomic E-state index is 10.5. The molecule has 1 aliphatic rings. The smallest absolute Gasteiger partial charge is 0.311 e. The minimum atomic E-state index is -0.858. The summed E-state index contributed by atoms with van der Waals surface area (Å²) in [5, 5.41) is 8.66. The summed E-state index contributed by atoms with van der Waals surface area (Å²) >= 11 is 11.0. The molecule has 62 valence electrons. The minimum Gasteiger partial charge on any atom is -0.481 e. The Balaban J connectivity index is 2.94.